The normalized spacial score (nSPS) is 12.5. The van der Waals surface area contributed by atoms with Crippen molar-refractivity contribution >= 4 is 28.4 Å². The van der Waals surface area contributed by atoms with E-state index in [9.17, 15) is 18.0 Å². The van der Waals surface area contributed by atoms with Gasteiger partial charge in [-0.15, -0.1) is 0 Å². The van der Waals surface area contributed by atoms with Crippen molar-refractivity contribution in [2.45, 2.75) is 19.4 Å². The number of hydrogen-bond acceptors (Lipinski definition) is 6. The summed E-state index contributed by atoms with van der Waals surface area (Å²) < 4.78 is 42.2. The first-order chi connectivity index (χ1) is 14.8. The van der Waals surface area contributed by atoms with Gasteiger partial charge in [-0.05, 0) is 13.0 Å². The molecule has 160 valence electrons. The largest absolute Gasteiger partial charge is 0.363 e. The van der Waals surface area contributed by atoms with Gasteiger partial charge < -0.3 is 10.2 Å². The first kappa shape index (κ1) is 20.5. The van der Waals surface area contributed by atoms with Gasteiger partial charge in [0.25, 0.3) is 12.3 Å². The van der Waals surface area contributed by atoms with E-state index in [4.69, 9.17) is 0 Å². The Labute approximate surface area is 174 Å². The fourth-order valence-electron chi connectivity index (χ4n) is 3.34. The highest BCUT2D eigenvalue weighted by Crippen LogP contribution is 2.30. The van der Waals surface area contributed by atoms with Crippen LogP contribution in [-0.2, 0) is 0 Å². The van der Waals surface area contributed by atoms with Gasteiger partial charge in [0.05, 0.1) is 22.6 Å². The molecule has 4 aromatic rings. The lowest BCUT2D eigenvalue weighted by atomic mass is 10.0. The summed E-state index contributed by atoms with van der Waals surface area (Å²) in [6, 6.07) is 4.75. The van der Waals surface area contributed by atoms with E-state index in [1.807, 2.05) is 0 Å². The van der Waals surface area contributed by atoms with Gasteiger partial charge >= 0.3 is 0 Å². The number of amides is 1. The maximum atomic E-state index is 14.6. The molecule has 0 saturated heterocycles. The number of nitrogens with one attached hydrogen (secondary N) is 1. The highest BCUT2D eigenvalue weighted by molar-refractivity contribution is 6.04. The third kappa shape index (κ3) is 3.51. The monoisotopic (exact) mass is 429 g/mol. The molecule has 0 saturated carbocycles. The summed E-state index contributed by atoms with van der Waals surface area (Å²) in [6.45, 7) is 1.63. The number of benzene rings is 1. The van der Waals surface area contributed by atoms with E-state index >= 15 is 0 Å². The van der Waals surface area contributed by atoms with Crippen LogP contribution < -0.4 is 5.32 Å². The molecule has 0 radical (unpaired) electrons. The Balaban J connectivity index is 1.83. The van der Waals surface area contributed by atoms with Crippen LogP contribution in [0, 0.1) is 5.82 Å². The lowest BCUT2D eigenvalue weighted by Gasteiger charge is -2.19. The van der Waals surface area contributed by atoms with E-state index in [1.54, 1.807) is 27.1 Å². The molecule has 0 aliphatic heterocycles. The summed E-state index contributed by atoms with van der Waals surface area (Å²) in [6.07, 6.45) is -0.325. The standard InChI is InChI=1S/C20H18F3N7O/c1-10(11-5-4-6-12(15(11)21)16(22)23)28-17-13-7-14(20(31)29(2)3)19-26-9-27-30(19)18(13)25-8-24-17/h4-10,16H,1-3H3,(H,24,25,28)/t10-/m1/s1. The highest BCUT2D eigenvalue weighted by Gasteiger charge is 2.22. The van der Waals surface area contributed by atoms with Gasteiger partial charge in [0.2, 0.25) is 0 Å². The Morgan fingerprint density at radius 3 is 2.52 bits per heavy atom. The van der Waals surface area contributed by atoms with Crippen LogP contribution in [-0.4, -0.2) is 49.5 Å². The topological polar surface area (TPSA) is 88.3 Å². The van der Waals surface area contributed by atoms with Crippen LogP contribution in [0.1, 0.15) is 40.9 Å². The summed E-state index contributed by atoms with van der Waals surface area (Å²) in [5.74, 6) is -0.971. The number of carbonyl (C=O) groups is 1. The molecule has 11 heteroatoms. The zero-order valence-corrected chi connectivity index (χ0v) is 16.8. The molecule has 3 heterocycles. The first-order valence-corrected chi connectivity index (χ1v) is 9.31. The fourth-order valence-corrected chi connectivity index (χ4v) is 3.34. The number of anilines is 1. The molecular weight excluding hydrogens is 411 g/mol. The molecule has 1 aromatic carbocycles. The molecule has 0 aliphatic carbocycles. The number of nitrogens with zero attached hydrogens (tertiary/aromatic N) is 6. The SMILES string of the molecule is C[C@@H](Nc1ncnc2c1cc(C(=O)N(C)C)c1ncnn12)c1cccc(C(F)F)c1F. The van der Waals surface area contributed by atoms with Gasteiger partial charge in [0, 0.05) is 19.7 Å². The fraction of sp³-hybridized carbons (Fsp3) is 0.250. The smallest absolute Gasteiger partial charge is 0.266 e. The minimum absolute atomic E-state index is 0.0657. The lowest BCUT2D eigenvalue weighted by Crippen LogP contribution is -2.23. The van der Waals surface area contributed by atoms with Gasteiger partial charge in [0.1, 0.15) is 24.3 Å². The van der Waals surface area contributed by atoms with Crippen molar-refractivity contribution < 1.29 is 18.0 Å². The van der Waals surface area contributed by atoms with Crippen LogP contribution in [0.15, 0.2) is 36.9 Å². The van der Waals surface area contributed by atoms with Crippen molar-refractivity contribution in [1.82, 2.24) is 29.5 Å². The minimum atomic E-state index is -2.92. The van der Waals surface area contributed by atoms with Crippen molar-refractivity contribution in [3.05, 3.63) is 59.4 Å². The maximum Gasteiger partial charge on any atom is 0.266 e. The van der Waals surface area contributed by atoms with Crippen LogP contribution in [0.3, 0.4) is 0 Å². The van der Waals surface area contributed by atoms with Gasteiger partial charge in [-0.1, -0.05) is 18.2 Å². The molecule has 0 unspecified atom stereocenters. The summed E-state index contributed by atoms with van der Waals surface area (Å²) >= 11 is 0. The molecule has 1 amide bonds. The third-order valence-electron chi connectivity index (χ3n) is 4.89. The Bertz CT molecular complexity index is 1290. The van der Waals surface area contributed by atoms with E-state index in [0.29, 0.717) is 22.5 Å². The molecule has 4 rings (SSSR count). The maximum absolute atomic E-state index is 14.6. The van der Waals surface area contributed by atoms with Crippen LogP contribution in [0.5, 0.6) is 0 Å². The van der Waals surface area contributed by atoms with Crippen LogP contribution in [0.2, 0.25) is 0 Å². The molecule has 31 heavy (non-hydrogen) atoms. The number of halogens is 3. The van der Waals surface area contributed by atoms with E-state index < -0.39 is 23.8 Å². The average molecular weight is 429 g/mol. The van der Waals surface area contributed by atoms with Crippen LogP contribution in [0.25, 0.3) is 16.7 Å². The second-order valence-electron chi connectivity index (χ2n) is 7.13. The van der Waals surface area contributed by atoms with E-state index in [1.165, 1.54) is 34.2 Å². The zero-order chi connectivity index (χ0) is 22.3. The van der Waals surface area contributed by atoms with Crippen LogP contribution >= 0.6 is 0 Å². The summed E-state index contributed by atoms with van der Waals surface area (Å²) in [7, 11) is 3.22. The second-order valence-corrected chi connectivity index (χ2v) is 7.13. The molecule has 0 spiro atoms. The molecule has 8 nitrogen and oxygen atoms in total. The quantitative estimate of drug-likeness (QED) is 0.521. The average Bonchev–Trinajstić information content (AvgIpc) is 3.23. The van der Waals surface area contributed by atoms with Crippen molar-refractivity contribution in [3.8, 4) is 0 Å². The van der Waals surface area contributed by atoms with Gasteiger partial charge in [0.15, 0.2) is 11.3 Å². The molecular formula is C20H18F3N7O. The number of pyridine rings is 1. The van der Waals surface area contributed by atoms with Crippen molar-refractivity contribution in [2.75, 3.05) is 19.4 Å². The van der Waals surface area contributed by atoms with E-state index in [2.05, 4.69) is 25.4 Å². The molecule has 1 N–H and O–H groups in total. The van der Waals surface area contributed by atoms with Crippen molar-refractivity contribution in [3.63, 3.8) is 0 Å². The minimum Gasteiger partial charge on any atom is -0.363 e. The van der Waals surface area contributed by atoms with Gasteiger partial charge in [-0.25, -0.2) is 28.1 Å². The summed E-state index contributed by atoms with van der Waals surface area (Å²) in [4.78, 5) is 26.7. The number of aromatic nitrogens is 5. The molecule has 0 aliphatic rings. The predicted octanol–water partition coefficient (Wildman–Crippen LogP) is 3.62. The van der Waals surface area contributed by atoms with Crippen molar-refractivity contribution in [1.29, 1.82) is 0 Å². The summed E-state index contributed by atoms with van der Waals surface area (Å²) in [5, 5.41) is 7.63. The van der Waals surface area contributed by atoms with Gasteiger partial charge in [-0.3, -0.25) is 4.79 Å². The Hall–Kier alpha value is -3.76. The molecule has 0 bridgehead atoms. The Kier molecular flexibility index (Phi) is 5.17. The van der Waals surface area contributed by atoms with E-state index in [-0.39, 0.29) is 17.0 Å². The predicted molar refractivity (Wildman–Crippen MR) is 107 cm³/mol. The summed E-state index contributed by atoms with van der Waals surface area (Å²) in [5.41, 5.74) is 0.401. The van der Waals surface area contributed by atoms with Crippen molar-refractivity contribution in [2.24, 2.45) is 0 Å². The number of fused-ring (bicyclic) bond motifs is 3. The zero-order valence-electron chi connectivity index (χ0n) is 16.8. The van der Waals surface area contributed by atoms with Crippen LogP contribution in [0.4, 0.5) is 19.0 Å². The molecule has 1 atom stereocenters. The highest BCUT2D eigenvalue weighted by atomic mass is 19.3. The first-order valence-electron chi connectivity index (χ1n) is 9.31. The third-order valence-corrected chi connectivity index (χ3v) is 4.89. The number of hydrogen-bond donors (Lipinski definition) is 1. The van der Waals surface area contributed by atoms with Gasteiger partial charge in [-0.2, -0.15) is 9.61 Å². The molecule has 0 fully saturated rings. The van der Waals surface area contributed by atoms with E-state index in [0.717, 1.165) is 6.07 Å². The Morgan fingerprint density at radius 1 is 1.10 bits per heavy atom. The lowest BCUT2D eigenvalue weighted by molar-refractivity contribution is 0.0829. The second kappa shape index (κ2) is 7.82. The number of alkyl halides is 2. The number of carbonyl (C=O) groups excluding carboxylic acids is 1. The number of rotatable bonds is 5. The molecule has 3 aromatic heterocycles. The Morgan fingerprint density at radius 2 is 1.81 bits per heavy atom.